The van der Waals surface area contributed by atoms with Crippen LogP contribution in [-0.2, 0) is 0 Å². The van der Waals surface area contributed by atoms with Crippen molar-refractivity contribution in [3.63, 3.8) is 0 Å². The molecule has 2 aromatic rings. The van der Waals surface area contributed by atoms with Gasteiger partial charge in [-0.05, 0) is 42.8 Å². The molecule has 0 aromatic heterocycles. The van der Waals surface area contributed by atoms with Gasteiger partial charge in [0.25, 0.3) is 0 Å². The third-order valence-corrected chi connectivity index (χ3v) is 2.28. The second-order valence-electron chi connectivity index (χ2n) is 3.55. The van der Waals surface area contributed by atoms with Crippen molar-refractivity contribution >= 4 is 5.69 Å². The molecular formula is C13H12FNO. The first kappa shape index (κ1) is 10.5. The van der Waals surface area contributed by atoms with Crippen LogP contribution in [0.2, 0.25) is 0 Å². The summed E-state index contributed by atoms with van der Waals surface area (Å²) in [6.45, 7) is 1.91. The van der Waals surface area contributed by atoms with Gasteiger partial charge in [0.1, 0.15) is 11.6 Å². The quantitative estimate of drug-likeness (QED) is 0.781. The zero-order valence-corrected chi connectivity index (χ0v) is 8.91. The van der Waals surface area contributed by atoms with E-state index in [1.807, 2.05) is 19.1 Å². The van der Waals surface area contributed by atoms with Crippen molar-refractivity contribution in [3.8, 4) is 11.5 Å². The van der Waals surface area contributed by atoms with Gasteiger partial charge in [0.15, 0.2) is 5.75 Å². The monoisotopic (exact) mass is 217 g/mol. The lowest BCUT2D eigenvalue weighted by molar-refractivity contribution is 0.479. The van der Waals surface area contributed by atoms with Crippen LogP contribution >= 0.6 is 0 Å². The van der Waals surface area contributed by atoms with Gasteiger partial charge in [-0.1, -0.05) is 12.1 Å². The van der Waals surface area contributed by atoms with E-state index < -0.39 is 0 Å². The van der Waals surface area contributed by atoms with Crippen LogP contribution in [0.3, 0.4) is 0 Å². The summed E-state index contributed by atoms with van der Waals surface area (Å²) in [4.78, 5) is 0. The summed E-state index contributed by atoms with van der Waals surface area (Å²) in [6, 6.07) is 11.4. The van der Waals surface area contributed by atoms with Crippen molar-refractivity contribution in [2.45, 2.75) is 6.92 Å². The SMILES string of the molecule is Cc1cccc(N)c1Oc1ccc(F)cc1. The van der Waals surface area contributed by atoms with Crippen LogP contribution in [0.15, 0.2) is 42.5 Å². The normalized spacial score (nSPS) is 10.1. The maximum atomic E-state index is 12.7. The van der Waals surface area contributed by atoms with E-state index in [9.17, 15) is 4.39 Å². The molecule has 2 aromatic carbocycles. The number of nitrogen functional groups attached to an aromatic ring is 1. The first-order chi connectivity index (χ1) is 7.66. The van der Waals surface area contributed by atoms with Gasteiger partial charge in [0.05, 0.1) is 5.69 Å². The molecule has 0 saturated heterocycles. The standard InChI is InChI=1S/C13H12FNO/c1-9-3-2-4-12(15)13(9)16-11-7-5-10(14)6-8-11/h2-8H,15H2,1H3. The van der Waals surface area contributed by atoms with E-state index in [-0.39, 0.29) is 5.82 Å². The number of nitrogens with two attached hydrogens (primary N) is 1. The molecule has 0 saturated carbocycles. The Morgan fingerprint density at radius 1 is 1.06 bits per heavy atom. The summed E-state index contributed by atoms with van der Waals surface area (Å²) in [7, 11) is 0. The molecule has 2 nitrogen and oxygen atoms in total. The largest absolute Gasteiger partial charge is 0.455 e. The molecule has 0 amide bonds. The Morgan fingerprint density at radius 2 is 1.75 bits per heavy atom. The summed E-state index contributed by atoms with van der Waals surface area (Å²) in [5, 5.41) is 0. The van der Waals surface area contributed by atoms with Crippen LogP contribution in [0.4, 0.5) is 10.1 Å². The van der Waals surface area contributed by atoms with Crippen LogP contribution in [0.25, 0.3) is 0 Å². The van der Waals surface area contributed by atoms with Crippen molar-refractivity contribution in [2.75, 3.05) is 5.73 Å². The highest BCUT2D eigenvalue weighted by Crippen LogP contribution is 2.30. The number of benzene rings is 2. The van der Waals surface area contributed by atoms with Crippen molar-refractivity contribution in [1.82, 2.24) is 0 Å². The molecule has 0 aliphatic heterocycles. The van der Waals surface area contributed by atoms with Crippen LogP contribution in [0, 0.1) is 12.7 Å². The van der Waals surface area contributed by atoms with E-state index >= 15 is 0 Å². The molecule has 0 radical (unpaired) electrons. The predicted octanol–water partition coefficient (Wildman–Crippen LogP) is 3.51. The fourth-order valence-corrected chi connectivity index (χ4v) is 1.44. The summed E-state index contributed by atoms with van der Waals surface area (Å²) < 4.78 is 18.3. The summed E-state index contributed by atoms with van der Waals surface area (Å²) in [6.07, 6.45) is 0. The van der Waals surface area contributed by atoms with Gasteiger partial charge >= 0.3 is 0 Å². The topological polar surface area (TPSA) is 35.2 Å². The van der Waals surface area contributed by atoms with Crippen LogP contribution in [0.5, 0.6) is 11.5 Å². The average Bonchev–Trinajstić information content (AvgIpc) is 2.26. The molecule has 0 spiro atoms. The zero-order chi connectivity index (χ0) is 11.5. The molecule has 0 aliphatic carbocycles. The minimum absolute atomic E-state index is 0.287. The van der Waals surface area contributed by atoms with E-state index in [0.717, 1.165) is 5.56 Å². The van der Waals surface area contributed by atoms with E-state index in [1.165, 1.54) is 12.1 Å². The van der Waals surface area contributed by atoms with Crippen molar-refractivity contribution in [1.29, 1.82) is 0 Å². The Balaban J connectivity index is 2.30. The molecule has 0 atom stereocenters. The second kappa shape index (κ2) is 4.23. The number of halogens is 1. The van der Waals surface area contributed by atoms with Crippen molar-refractivity contribution in [3.05, 3.63) is 53.8 Å². The highest BCUT2D eigenvalue weighted by atomic mass is 19.1. The number of rotatable bonds is 2. The number of para-hydroxylation sites is 1. The Kier molecular flexibility index (Phi) is 2.77. The second-order valence-corrected chi connectivity index (χ2v) is 3.55. The predicted molar refractivity (Wildman–Crippen MR) is 62.1 cm³/mol. The lowest BCUT2D eigenvalue weighted by Gasteiger charge is -2.10. The van der Waals surface area contributed by atoms with E-state index in [1.54, 1.807) is 18.2 Å². The number of hydrogen-bond donors (Lipinski definition) is 1. The number of ether oxygens (including phenoxy) is 1. The molecule has 2 rings (SSSR count). The fraction of sp³-hybridized carbons (Fsp3) is 0.0769. The molecule has 82 valence electrons. The average molecular weight is 217 g/mol. The van der Waals surface area contributed by atoms with Gasteiger partial charge < -0.3 is 10.5 Å². The third kappa shape index (κ3) is 2.14. The lowest BCUT2D eigenvalue weighted by atomic mass is 10.2. The molecule has 2 N–H and O–H groups in total. The van der Waals surface area contributed by atoms with Gasteiger partial charge in [-0.25, -0.2) is 4.39 Å². The summed E-state index contributed by atoms with van der Waals surface area (Å²) in [5.74, 6) is 0.904. The molecule has 16 heavy (non-hydrogen) atoms. The highest BCUT2D eigenvalue weighted by Gasteiger charge is 2.05. The Labute approximate surface area is 93.5 Å². The molecule has 0 unspecified atom stereocenters. The molecular weight excluding hydrogens is 205 g/mol. The Bertz CT molecular complexity index is 474. The zero-order valence-electron chi connectivity index (χ0n) is 8.91. The summed E-state index contributed by atoms with van der Waals surface area (Å²) in [5.41, 5.74) is 7.32. The maximum absolute atomic E-state index is 12.7. The minimum Gasteiger partial charge on any atom is -0.455 e. The molecule has 0 aliphatic rings. The Morgan fingerprint density at radius 3 is 2.38 bits per heavy atom. The lowest BCUT2D eigenvalue weighted by Crippen LogP contribution is -1.94. The number of anilines is 1. The minimum atomic E-state index is -0.287. The molecule has 0 heterocycles. The third-order valence-electron chi connectivity index (χ3n) is 2.28. The molecule has 3 heteroatoms. The molecule has 0 bridgehead atoms. The van der Waals surface area contributed by atoms with Crippen molar-refractivity contribution < 1.29 is 9.13 Å². The first-order valence-electron chi connectivity index (χ1n) is 4.95. The summed E-state index contributed by atoms with van der Waals surface area (Å²) >= 11 is 0. The van der Waals surface area contributed by atoms with Gasteiger partial charge in [0.2, 0.25) is 0 Å². The van der Waals surface area contributed by atoms with Gasteiger partial charge in [-0.15, -0.1) is 0 Å². The first-order valence-corrected chi connectivity index (χ1v) is 4.95. The van der Waals surface area contributed by atoms with E-state index in [4.69, 9.17) is 10.5 Å². The van der Waals surface area contributed by atoms with E-state index in [2.05, 4.69) is 0 Å². The van der Waals surface area contributed by atoms with Gasteiger partial charge in [-0.3, -0.25) is 0 Å². The Hall–Kier alpha value is -2.03. The van der Waals surface area contributed by atoms with Gasteiger partial charge in [-0.2, -0.15) is 0 Å². The van der Waals surface area contributed by atoms with Crippen LogP contribution in [-0.4, -0.2) is 0 Å². The van der Waals surface area contributed by atoms with Crippen molar-refractivity contribution in [2.24, 2.45) is 0 Å². The fourth-order valence-electron chi connectivity index (χ4n) is 1.44. The highest BCUT2D eigenvalue weighted by molar-refractivity contribution is 5.57. The molecule has 0 fully saturated rings. The van der Waals surface area contributed by atoms with Crippen LogP contribution in [0.1, 0.15) is 5.56 Å². The maximum Gasteiger partial charge on any atom is 0.153 e. The smallest absolute Gasteiger partial charge is 0.153 e. The number of hydrogen-bond acceptors (Lipinski definition) is 2. The number of aryl methyl sites for hydroxylation is 1. The van der Waals surface area contributed by atoms with Crippen LogP contribution < -0.4 is 10.5 Å². The van der Waals surface area contributed by atoms with E-state index in [0.29, 0.717) is 17.2 Å². The van der Waals surface area contributed by atoms with Gasteiger partial charge in [0, 0.05) is 0 Å².